The van der Waals surface area contributed by atoms with Gasteiger partial charge in [0, 0.05) is 30.9 Å². The average Bonchev–Trinajstić information content (AvgIpc) is 3.07. The Bertz CT molecular complexity index is 720. The van der Waals surface area contributed by atoms with Gasteiger partial charge in [0.25, 0.3) is 5.69 Å². The maximum atomic E-state index is 12.5. The number of benzene rings is 1. The van der Waals surface area contributed by atoms with Crippen LogP contribution in [0.1, 0.15) is 24.8 Å². The van der Waals surface area contributed by atoms with Gasteiger partial charge in [-0.3, -0.25) is 14.9 Å². The third kappa shape index (κ3) is 2.57. The summed E-state index contributed by atoms with van der Waals surface area (Å²) in [5.41, 5.74) is 0.227. The fraction of sp³-hybridized carbons (Fsp3) is 0.500. The summed E-state index contributed by atoms with van der Waals surface area (Å²) in [6.07, 6.45) is 2.31. The van der Waals surface area contributed by atoms with Crippen molar-refractivity contribution in [3.63, 3.8) is 0 Å². The summed E-state index contributed by atoms with van der Waals surface area (Å²) in [4.78, 5) is 35.9. The fourth-order valence-corrected chi connectivity index (χ4v) is 3.89. The summed E-state index contributed by atoms with van der Waals surface area (Å²) >= 11 is 0. The van der Waals surface area contributed by atoms with Crippen LogP contribution in [0.15, 0.2) is 18.2 Å². The molecule has 0 aromatic heterocycles. The van der Waals surface area contributed by atoms with E-state index in [-0.39, 0.29) is 24.2 Å². The monoisotopic (exact) mass is 333 g/mol. The zero-order chi connectivity index (χ0) is 17.5. The third-order valence-electron chi connectivity index (χ3n) is 5.25. The second-order valence-corrected chi connectivity index (χ2v) is 6.62. The topological polar surface area (TPSA) is 113 Å². The van der Waals surface area contributed by atoms with Crippen LogP contribution in [0.5, 0.6) is 0 Å². The summed E-state index contributed by atoms with van der Waals surface area (Å²) in [5, 5.41) is 23.1. The molecule has 2 aliphatic rings. The summed E-state index contributed by atoms with van der Waals surface area (Å²) < 4.78 is 0. The lowest BCUT2D eigenvalue weighted by Gasteiger charge is -2.23. The number of aryl methyl sites for hydroxylation is 1. The fourth-order valence-electron chi connectivity index (χ4n) is 3.89. The largest absolute Gasteiger partial charge is 0.481 e. The Morgan fingerprint density at radius 3 is 2.79 bits per heavy atom. The number of carbonyl (C=O) groups is 2. The smallest absolute Gasteiger partial charge is 0.321 e. The normalized spacial score (nSPS) is 25.4. The van der Waals surface area contributed by atoms with Gasteiger partial charge in [0.1, 0.15) is 0 Å². The first-order chi connectivity index (χ1) is 11.3. The number of nitro groups is 1. The van der Waals surface area contributed by atoms with Crippen molar-refractivity contribution >= 4 is 23.4 Å². The number of nitrogens with zero attached hydrogens (tertiary/aromatic N) is 2. The molecule has 2 fully saturated rings. The molecule has 1 saturated carbocycles. The maximum Gasteiger partial charge on any atom is 0.321 e. The number of likely N-dealkylation sites (tertiary alicyclic amines) is 1. The van der Waals surface area contributed by atoms with Crippen molar-refractivity contribution in [1.82, 2.24) is 4.90 Å². The van der Waals surface area contributed by atoms with E-state index in [1.807, 2.05) is 0 Å². The standard InChI is InChI=1S/C16H19N3O5/c1-10-7-12(19(23)24)4-5-13(10)17-15(22)18-8-11-3-2-6-16(11,9-18)14(20)21/h4-5,7,11H,2-3,6,8-9H2,1H3,(H,17,22)(H,20,21)/t11-,16+/m0/s1. The first kappa shape index (κ1) is 16.2. The molecule has 0 bridgehead atoms. The molecule has 128 valence electrons. The number of fused-ring (bicyclic) bond motifs is 1. The molecule has 2 N–H and O–H groups in total. The summed E-state index contributed by atoms with van der Waals surface area (Å²) in [7, 11) is 0. The van der Waals surface area contributed by atoms with Crippen LogP contribution in [-0.4, -0.2) is 40.0 Å². The molecule has 1 aliphatic carbocycles. The first-order valence-corrected chi connectivity index (χ1v) is 7.88. The van der Waals surface area contributed by atoms with Gasteiger partial charge in [-0.05, 0) is 37.3 Å². The van der Waals surface area contributed by atoms with E-state index in [4.69, 9.17) is 0 Å². The Labute approximate surface area is 138 Å². The van der Waals surface area contributed by atoms with Crippen molar-refractivity contribution in [2.24, 2.45) is 11.3 Å². The number of carbonyl (C=O) groups excluding carboxylic acids is 1. The van der Waals surface area contributed by atoms with Crippen molar-refractivity contribution in [2.75, 3.05) is 18.4 Å². The SMILES string of the molecule is Cc1cc([N+](=O)[O-])ccc1NC(=O)N1C[C@@H]2CCC[C@@]2(C(=O)O)C1. The van der Waals surface area contributed by atoms with Crippen LogP contribution in [-0.2, 0) is 4.79 Å². The molecule has 1 aliphatic heterocycles. The maximum absolute atomic E-state index is 12.5. The zero-order valence-corrected chi connectivity index (χ0v) is 13.3. The summed E-state index contributed by atoms with van der Waals surface area (Å²) in [5.74, 6) is -0.828. The van der Waals surface area contributed by atoms with Gasteiger partial charge in [-0.2, -0.15) is 0 Å². The Morgan fingerprint density at radius 2 is 2.21 bits per heavy atom. The van der Waals surface area contributed by atoms with Crippen molar-refractivity contribution in [3.05, 3.63) is 33.9 Å². The Morgan fingerprint density at radius 1 is 1.46 bits per heavy atom. The molecule has 8 heteroatoms. The zero-order valence-electron chi connectivity index (χ0n) is 13.3. The molecule has 0 spiro atoms. The van der Waals surface area contributed by atoms with Gasteiger partial charge in [-0.1, -0.05) is 6.42 Å². The van der Waals surface area contributed by atoms with E-state index in [1.54, 1.807) is 11.8 Å². The minimum absolute atomic E-state index is 0.00120. The van der Waals surface area contributed by atoms with E-state index >= 15 is 0 Å². The molecule has 8 nitrogen and oxygen atoms in total. The van der Waals surface area contributed by atoms with Crippen LogP contribution in [0.25, 0.3) is 0 Å². The number of nitrogens with one attached hydrogen (secondary N) is 1. The molecule has 3 rings (SSSR count). The number of carboxylic acids is 1. The lowest BCUT2D eigenvalue weighted by Crippen LogP contribution is -2.38. The molecule has 2 atom stereocenters. The third-order valence-corrected chi connectivity index (χ3v) is 5.25. The van der Waals surface area contributed by atoms with Crippen LogP contribution >= 0.6 is 0 Å². The molecule has 2 amide bonds. The summed E-state index contributed by atoms with van der Waals surface area (Å²) in [6, 6.07) is 3.87. The van der Waals surface area contributed by atoms with Gasteiger partial charge in [0.2, 0.25) is 0 Å². The molecular weight excluding hydrogens is 314 g/mol. The number of anilines is 1. The molecule has 24 heavy (non-hydrogen) atoms. The van der Waals surface area contributed by atoms with E-state index in [0.717, 1.165) is 12.8 Å². The van der Waals surface area contributed by atoms with Crippen molar-refractivity contribution in [2.45, 2.75) is 26.2 Å². The van der Waals surface area contributed by atoms with Gasteiger partial charge in [-0.15, -0.1) is 0 Å². The lowest BCUT2D eigenvalue weighted by atomic mass is 9.81. The second-order valence-electron chi connectivity index (χ2n) is 6.62. The van der Waals surface area contributed by atoms with Gasteiger partial charge in [-0.25, -0.2) is 4.79 Å². The highest BCUT2D eigenvalue weighted by Gasteiger charge is 2.55. The van der Waals surface area contributed by atoms with Crippen molar-refractivity contribution < 1.29 is 19.6 Å². The highest BCUT2D eigenvalue weighted by Crippen LogP contribution is 2.48. The average molecular weight is 333 g/mol. The highest BCUT2D eigenvalue weighted by atomic mass is 16.6. The molecule has 1 heterocycles. The molecule has 1 aromatic carbocycles. The van der Waals surface area contributed by atoms with Crippen LogP contribution in [0.4, 0.5) is 16.2 Å². The number of non-ortho nitro benzene ring substituents is 1. The van der Waals surface area contributed by atoms with Crippen LogP contribution in [0.2, 0.25) is 0 Å². The van der Waals surface area contributed by atoms with Gasteiger partial charge >= 0.3 is 12.0 Å². The van der Waals surface area contributed by atoms with E-state index in [2.05, 4.69) is 5.32 Å². The first-order valence-electron chi connectivity index (χ1n) is 7.88. The second kappa shape index (κ2) is 5.77. The van der Waals surface area contributed by atoms with E-state index in [0.29, 0.717) is 24.2 Å². The van der Waals surface area contributed by atoms with E-state index in [1.165, 1.54) is 18.2 Å². The van der Waals surface area contributed by atoms with E-state index < -0.39 is 16.3 Å². The van der Waals surface area contributed by atoms with E-state index in [9.17, 15) is 24.8 Å². The number of aliphatic carboxylic acids is 1. The number of rotatable bonds is 3. The lowest BCUT2D eigenvalue weighted by molar-refractivity contribution is -0.384. The number of hydrogen-bond acceptors (Lipinski definition) is 4. The predicted octanol–water partition coefficient (Wildman–Crippen LogP) is 2.62. The van der Waals surface area contributed by atoms with Gasteiger partial charge < -0.3 is 15.3 Å². The summed E-state index contributed by atoms with van der Waals surface area (Å²) in [6.45, 7) is 2.33. The predicted molar refractivity (Wildman–Crippen MR) is 85.8 cm³/mol. The number of carboxylic acid groups (broad SMARTS) is 1. The van der Waals surface area contributed by atoms with Crippen LogP contribution in [0, 0.1) is 28.4 Å². The van der Waals surface area contributed by atoms with Crippen LogP contribution in [0.3, 0.4) is 0 Å². The molecule has 1 saturated heterocycles. The van der Waals surface area contributed by atoms with Gasteiger partial charge in [0.15, 0.2) is 0 Å². The number of urea groups is 1. The Kier molecular flexibility index (Phi) is 3.90. The number of nitro benzene ring substituents is 1. The minimum Gasteiger partial charge on any atom is -0.481 e. The molecule has 0 unspecified atom stereocenters. The Balaban J connectivity index is 1.73. The Hall–Kier alpha value is -2.64. The van der Waals surface area contributed by atoms with Crippen LogP contribution < -0.4 is 5.32 Å². The van der Waals surface area contributed by atoms with Gasteiger partial charge in [0.05, 0.1) is 10.3 Å². The minimum atomic E-state index is -0.827. The van der Waals surface area contributed by atoms with Crippen molar-refractivity contribution in [1.29, 1.82) is 0 Å². The molecule has 0 radical (unpaired) electrons. The molecular formula is C16H19N3O5. The highest BCUT2D eigenvalue weighted by molar-refractivity contribution is 5.91. The number of hydrogen-bond donors (Lipinski definition) is 2. The number of amides is 2. The molecule has 1 aromatic rings. The van der Waals surface area contributed by atoms with Crippen molar-refractivity contribution in [3.8, 4) is 0 Å². The quantitative estimate of drug-likeness (QED) is 0.652.